The number of methoxy groups -OCH3 is 1. The fourth-order valence-electron chi connectivity index (χ4n) is 2.96. The maximum Gasteiger partial charge on any atom is 0.319 e. The molecule has 0 saturated heterocycles. The molecule has 0 bridgehead atoms. The van der Waals surface area contributed by atoms with Crippen LogP contribution in [0.2, 0.25) is 0 Å². The van der Waals surface area contributed by atoms with Gasteiger partial charge < -0.3 is 15.4 Å². The quantitative estimate of drug-likeness (QED) is 0.497. The predicted molar refractivity (Wildman–Crippen MR) is 121 cm³/mol. The number of hydrogen-bond acceptors (Lipinski definition) is 6. The minimum atomic E-state index is -0.367. The van der Waals surface area contributed by atoms with E-state index in [4.69, 9.17) is 4.74 Å². The SMILES string of the molecule is COc1ccc(-c2nn3c(=O)cc(CNC(=O)Nc4ccc(C)c(C)c4)nc3s2)cc1. The van der Waals surface area contributed by atoms with Crippen LogP contribution in [0.25, 0.3) is 15.5 Å². The number of aromatic nitrogens is 3. The van der Waals surface area contributed by atoms with Gasteiger partial charge in [0.05, 0.1) is 19.3 Å². The Bertz CT molecular complexity index is 1310. The Morgan fingerprint density at radius 3 is 2.58 bits per heavy atom. The number of nitrogens with zero attached hydrogens (tertiary/aromatic N) is 3. The van der Waals surface area contributed by atoms with Gasteiger partial charge in [0.1, 0.15) is 10.8 Å². The number of hydrogen-bond donors (Lipinski definition) is 2. The highest BCUT2D eigenvalue weighted by molar-refractivity contribution is 7.19. The molecule has 2 amide bonds. The highest BCUT2D eigenvalue weighted by Crippen LogP contribution is 2.26. The molecule has 0 aliphatic rings. The summed E-state index contributed by atoms with van der Waals surface area (Å²) in [6.07, 6.45) is 0. The predicted octanol–water partition coefficient (Wildman–Crippen LogP) is 3.77. The molecule has 0 saturated carbocycles. The van der Waals surface area contributed by atoms with Gasteiger partial charge in [-0.1, -0.05) is 17.4 Å². The van der Waals surface area contributed by atoms with Gasteiger partial charge in [-0.05, 0) is 61.4 Å². The standard InChI is InChI=1S/C22H21N5O3S/c1-13-4-7-16(10-14(13)2)24-21(29)23-12-17-11-19(28)27-22(25-17)31-20(26-27)15-5-8-18(30-3)9-6-15/h4-11H,12H2,1-3H3,(H2,23,24,29). The van der Waals surface area contributed by atoms with Gasteiger partial charge >= 0.3 is 6.03 Å². The lowest BCUT2D eigenvalue weighted by Crippen LogP contribution is -2.29. The average molecular weight is 436 g/mol. The molecule has 0 aliphatic heterocycles. The first kappa shape index (κ1) is 20.5. The van der Waals surface area contributed by atoms with Crippen molar-refractivity contribution in [3.05, 3.63) is 75.7 Å². The first-order valence-corrected chi connectivity index (χ1v) is 10.4. The average Bonchev–Trinajstić information content (AvgIpc) is 3.20. The van der Waals surface area contributed by atoms with Crippen LogP contribution in [-0.2, 0) is 6.54 Å². The summed E-state index contributed by atoms with van der Waals surface area (Å²) in [5.74, 6) is 0.743. The van der Waals surface area contributed by atoms with E-state index in [0.29, 0.717) is 21.3 Å². The summed E-state index contributed by atoms with van der Waals surface area (Å²) < 4.78 is 6.44. The van der Waals surface area contributed by atoms with E-state index in [2.05, 4.69) is 20.7 Å². The van der Waals surface area contributed by atoms with Gasteiger partial charge in [-0.15, -0.1) is 0 Å². The third-order valence-corrected chi connectivity index (χ3v) is 5.79. The molecule has 2 aromatic carbocycles. The van der Waals surface area contributed by atoms with Crippen molar-refractivity contribution in [1.29, 1.82) is 0 Å². The fraction of sp³-hybridized carbons (Fsp3) is 0.182. The van der Waals surface area contributed by atoms with Crippen molar-refractivity contribution in [3.8, 4) is 16.3 Å². The highest BCUT2D eigenvalue weighted by atomic mass is 32.1. The van der Waals surface area contributed by atoms with Gasteiger partial charge in [0, 0.05) is 17.3 Å². The number of ether oxygens (including phenoxy) is 1. The highest BCUT2D eigenvalue weighted by Gasteiger charge is 2.12. The Hall–Kier alpha value is -3.72. The molecular weight excluding hydrogens is 414 g/mol. The molecule has 9 heteroatoms. The zero-order valence-corrected chi connectivity index (χ0v) is 18.1. The van der Waals surface area contributed by atoms with Gasteiger partial charge in [0.25, 0.3) is 5.56 Å². The number of carbonyl (C=O) groups is 1. The Labute approximate surface area is 182 Å². The van der Waals surface area contributed by atoms with E-state index in [9.17, 15) is 9.59 Å². The second-order valence-corrected chi connectivity index (χ2v) is 7.98. The Balaban J connectivity index is 1.48. The van der Waals surface area contributed by atoms with Gasteiger partial charge in [0.2, 0.25) is 4.96 Å². The molecular formula is C22H21N5O3S. The number of nitrogens with one attached hydrogen (secondary N) is 2. The smallest absolute Gasteiger partial charge is 0.319 e. The number of carbonyl (C=O) groups excluding carboxylic acids is 1. The van der Waals surface area contributed by atoms with Crippen molar-refractivity contribution < 1.29 is 9.53 Å². The van der Waals surface area contributed by atoms with E-state index in [-0.39, 0.29) is 18.1 Å². The lowest BCUT2D eigenvalue weighted by Gasteiger charge is -2.09. The normalized spacial score (nSPS) is 10.8. The van der Waals surface area contributed by atoms with Crippen molar-refractivity contribution in [2.24, 2.45) is 0 Å². The molecule has 4 aromatic rings. The first-order valence-electron chi connectivity index (χ1n) is 9.59. The number of urea groups is 1. The molecule has 0 fully saturated rings. The van der Waals surface area contributed by atoms with Gasteiger partial charge in [-0.2, -0.15) is 9.61 Å². The summed E-state index contributed by atoms with van der Waals surface area (Å²) in [6, 6.07) is 14.1. The molecule has 0 aliphatic carbocycles. The van der Waals surface area contributed by atoms with Gasteiger partial charge in [-0.25, -0.2) is 9.78 Å². The van der Waals surface area contributed by atoms with Crippen LogP contribution in [0.1, 0.15) is 16.8 Å². The van der Waals surface area contributed by atoms with Crippen LogP contribution in [0, 0.1) is 13.8 Å². The molecule has 2 aromatic heterocycles. The molecule has 158 valence electrons. The summed E-state index contributed by atoms with van der Waals surface area (Å²) in [5.41, 5.74) is 3.98. The van der Waals surface area contributed by atoms with E-state index in [1.54, 1.807) is 7.11 Å². The van der Waals surface area contributed by atoms with Crippen LogP contribution in [0.15, 0.2) is 53.3 Å². The summed E-state index contributed by atoms with van der Waals surface area (Å²) >= 11 is 1.30. The summed E-state index contributed by atoms with van der Waals surface area (Å²) in [5, 5.41) is 10.6. The number of amides is 2. The topological polar surface area (TPSA) is 97.6 Å². The molecule has 2 N–H and O–H groups in total. The Morgan fingerprint density at radius 1 is 1.10 bits per heavy atom. The van der Waals surface area contributed by atoms with E-state index < -0.39 is 0 Å². The molecule has 0 unspecified atom stereocenters. The molecule has 2 heterocycles. The minimum Gasteiger partial charge on any atom is -0.497 e. The molecule has 8 nitrogen and oxygen atoms in total. The zero-order chi connectivity index (χ0) is 22.0. The maximum atomic E-state index is 12.5. The summed E-state index contributed by atoms with van der Waals surface area (Å²) in [4.78, 5) is 29.6. The molecule has 4 rings (SSSR count). The van der Waals surface area contributed by atoms with Gasteiger partial charge in [-0.3, -0.25) is 4.79 Å². The second kappa shape index (κ2) is 8.57. The fourth-order valence-corrected chi connectivity index (χ4v) is 3.89. The van der Waals surface area contributed by atoms with Crippen LogP contribution < -0.4 is 20.9 Å². The van der Waals surface area contributed by atoms with E-state index in [1.807, 2.05) is 56.3 Å². The van der Waals surface area contributed by atoms with Gasteiger partial charge in [0.15, 0.2) is 0 Å². The number of rotatable bonds is 5. The van der Waals surface area contributed by atoms with Crippen molar-refractivity contribution in [1.82, 2.24) is 19.9 Å². The number of fused-ring (bicyclic) bond motifs is 1. The van der Waals surface area contributed by atoms with E-state index in [0.717, 1.165) is 22.4 Å². The van der Waals surface area contributed by atoms with Crippen LogP contribution in [0.4, 0.5) is 10.5 Å². The third kappa shape index (κ3) is 4.56. The number of anilines is 1. The van der Waals surface area contributed by atoms with E-state index in [1.165, 1.54) is 21.9 Å². The summed E-state index contributed by atoms with van der Waals surface area (Å²) in [7, 11) is 1.60. The lowest BCUT2D eigenvalue weighted by molar-refractivity contribution is 0.251. The number of aryl methyl sites for hydroxylation is 2. The first-order chi connectivity index (χ1) is 14.9. The summed E-state index contributed by atoms with van der Waals surface area (Å²) in [6.45, 7) is 4.12. The minimum absolute atomic E-state index is 0.123. The number of benzene rings is 2. The maximum absolute atomic E-state index is 12.5. The molecule has 0 atom stereocenters. The van der Waals surface area contributed by atoms with Crippen molar-refractivity contribution >= 4 is 28.0 Å². The largest absolute Gasteiger partial charge is 0.497 e. The zero-order valence-electron chi connectivity index (χ0n) is 17.3. The monoisotopic (exact) mass is 435 g/mol. The Morgan fingerprint density at radius 2 is 1.87 bits per heavy atom. The lowest BCUT2D eigenvalue weighted by atomic mass is 10.1. The molecule has 31 heavy (non-hydrogen) atoms. The second-order valence-electron chi connectivity index (χ2n) is 7.02. The van der Waals surface area contributed by atoms with Crippen molar-refractivity contribution in [2.45, 2.75) is 20.4 Å². The van der Waals surface area contributed by atoms with Crippen molar-refractivity contribution in [3.63, 3.8) is 0 Å². The van der Waals surface area contributed by atoms with Crippen LogP contribution in [-0.4, -0.2) is 27.7 Å². The van der Waals surface area contributed by atoms with Crippen LogP contribution in [0.5, 0.6) is 5.75 Å². The van der Waals surface area contributed by atoms with Crippen LogP contribution in [0.3, 0.4) is 0 Å². The van der Waals surface area contributed by atoms with E-state index >= 15 is 0 Å². The third-order valence-electron chi connectivity index (χ3n) is 4.83. The Kier molecular flexibility index (Phi) is 5.68. The van der Waals surface area contributed by atoms with Crippen molar-refractivity contribution in [2.75, 3.05) is 12.4 Å². The van der Waals surface area contributed by atoms with Crippen LogP contribution >= 0.6 is 11.3 Å². The molecule has 0 spiro atoms. The molecule has 0 radical (unpaired) electrons.